The lowest BCUT2D eigenvalue weighted by Crippen LogP contribution is -2.31. The predicted octanol–water partition coefficient (Wildman–Crippen LogP) is 2.97. The molecular weight excluding hydrogens is 314 g/mol. The van der Waals surface area contributed by atoms with Gasteiger partial charge in [-0.2, -0.15) is 0 Å². The second-order valence-electron chi connectivity index (χ2n) is 7.10. The molecule has 1 aromatic heterocycles. The van der Waals surface area contributed by atoms with E-state index in [9.17, 15) is 9.90 Å². The molecule has 1 aliphatic heterocycles. The number of aliphatic hydroxyl groups is 1. The standard InChI is InChI=1S/C20H27N3O2/c1-14(2)18(24)9-10-21-20(25)16-13-15-7-3-4-8-17(15)22-19(16)23-11-5-6-12-23/h3-4,7-8,13-14,18,24H,5-6,9-12H2,1-2H3,(H,21,25). The summed E-state index contributed by atoms with van der Waals surface area (Å²) in [4.78, 5) is 19.7. The summed E-state index contributed by atoms with van der Waals surface area (Å²) in [5.41, 5.74) is 1.54. The molecule has 3 rings (SSSR count). The third kappa shape index (κ3) is 4.10. The molecule has 5 heteroatoms. The fourth-order valence-electron chi connectivity index (χ4n) is 3.20. The fraction of sp³-hybridized carbons (Fsp3) is 0.500. The molecule has 2 N–H and O–H groups in total. The van der Waals surface area contributed by atoms with Crippen LogP contribution in [-0.4, -0.2) is 41.7 Å². The molecule has 1 fully saturated rings. The number of nitrogens with one attached hydrogen (secondary N) is 1. The number of carbonyl (C=O) groups excluding carboxylic acids is 1. The van der Waals surface area contributed by atoms with E-state index in [-0.39, 0.29) is 11.8 Å². The minimum atomic E-state index is -0.395. The molecule has 1 unspecified atom stereocenters. The van der Waals surface area contributed by atoms with Crippen LogP contribution in [0.5, 0.6) is 0 Å². The van der Waals surface area contributed by atoms with Crippen molar-refractivity contribution < 1.29 is 9.90 Å². The summed E-state index contributed by atoms with van der Waals surface area (Å²) in [6.07, 6.45) is 2.43. The van der Waals surface area contributed by atoms with Crippen LogP contribution in [0.3, 0.4) is 0 Å². The van der Waals surface area contributed by atoms with Crippen molar-refractivity contribution in [2.75, 3.05) is 24.5 Å². The van der Waals surface area contributed by atoms with Crippen molar-refractivity contribution in [2.24, 2.45) is 5.92 Å². The minimum absolute atomic E-state index is 0.115. The summed E-state index contributed by atoms with van der Waals surface area (Å²) < 4.78 is 0. The number of carbonyl (C=O) groups is 1. The Kier molecular flexibility index (Phi) is 5.53. The molecule has 1 saturated heterocycles. The fourth-order valence-corrected chi connectivity index (χ4v) is 3.20. The maximum absolute atomic E-state index is 12.8. The van der Waals surface area contributed by atoms with Crippen LogP contribution in [0.4, 0.5) is 5.82 Å². The zero-order chi connectivity index (χ0) is 17.8. The van der Waals surface area contributed by atoms with Gasteiger partial charge in [-0.05, 0) is 37.3 Å². The minimum Gasteiger partial charge on any atom is -0.393 e. The first-order valence-electron chi connectivity index (χ1n) is 9.17. The number of anilines is 1. The first kappa shape index (κ1) is 17.7. The normalized spacial score (nSPS) is 15.8. The largest absolute Gasteiger partial charge is 0.393 e. The molecule has 1 aliphatic rings. The zero-order valence-corrected chi connectivity index (χ0v) is 15.0. The third-order valence-corrected chi connectivity index (χ3v) is 4.85. The van der Waals surface area contributed by atoms with Gasteiger partial charge in [-0.3, -0.25) is 4.79 Å². The number of fused-ring (bicyclic) bond motifs is 1. The van der Waals surface area contributed by atoms with Gasteiger partial charge in [0.2, 0.25) is 0 Å². The Morgan fingerprint density at radius 1 is 1.28 bits per heavy atom. The third-order valence-electron chi connectivity index (χ3n) is 4.85. The number of para-hydroxylation sites is 1. The van der Waals surface area contributed by atoms with Crippen LogP contribution in [0, 0.1) is 5.92 Å². The number of rotatable bonds is 6. The van der Waals surface area contributed by atoms with E-state index < -0.39 is 6.10 Å². The summed E-state index contributed by atoms with van der Waals surface area (Å²) in [7, 11) is 0. The van der Waals surface area contributed by atoms with E-state index in [0.29, 0.717) is 18.5 Å². The van der Waals surface area contributed by atoms with E-state index in [0.717, 1.165) is 42.7 Å². The number of aliphatic hydroxyl groups excluding tert-OH is 1. The van der Waals surface area contributed by atoms with Crippen molar-refractivity contribution in [3.8, 4) is 0 Å². The highest BCUT2D eigenvalue weighted by atomic mass is 16.3. The Bertz CT molecular complexity index is 739. The summed E-state index contributed by atoms with van der Waals surface area (Å²) in [5, 5.41) is 13.8. The molecule has 2 heterocycles. The highest BCUT2D eigenvalue weighted by Gasteiger charge is 2.22. The Balaban J connectivity index is 1.82. The van der Waals surface area contributed by atoms with Gasteiger partial charge < -0.3 is 15.3 Å². The highest BCUT2D eigenvalue weighted by Crippen LogP contribution is 2.26. The van der Waals surface area contributed by atoms with Crippen molar-refractivity contribution in [2.45, 2.75) is 39.2 Å². The molecule has 134 valence electrons. The molecule has 2 aromatic rings. The SMILES string of the molecule is CC(C)C(O)CCNC(=O)c1cc2ccccc2nc1N1CCCC1. The Morgan fingerprint density at radius 2 is 2.00 bits per heavy atom. The van der Waals surface area contributed by atoms with Crippen molar-refractivity contribution in [3.05, 3.63) is 35.9 Å². The van der Waals surface area contributed by atoms with Gasteiger partial charge >= 0.3 is 0 Å². The smallest absolute Gasteiger partial charge is 0.255 e. The van der Waals surface area contributed by atoms with E-state index in [2.05, 4.69) is 10.2 Å². The average molecular weight is 341 g/mol. The summed E-state index contributed by atoms with van der Waals surface area (Å²) >= 11 is 0. The van der Waals surface area contributed by atoms with E-state index in [1.165, 1.54) is 0 Å². The quantitative estimate of drug-likeness (QED) is 0.848. The number of nitrogens with zero attached hydrogens (tertiary/aromatic N) is 2. The van der Waals surface area contributed by atoms with E-state index in [4.69, 9.17) is 4.98 Å². The van der Waals surface area contributed by atoms with E-state index in [1.54, 1.807) is 0 Å². The Hall–Kier alpha value is -2.14. The summed E-state index contributed by atoms with van der Waals surface area (Å²) in [6, 6.07) is 9.82. The van der Waals surface area contributed by atoms with E-state index in [1.807, 2.05) is 44.2 Å². The first-order chi connectivity index (χ1) is 12.1. The van der Waals surface area contributed by atoms with Crippen molar-refractivity contribution in [3.63, 3.8) is 0 Å². The van der Waals surface area contributed by atoms with Gasteiger partial charge in [0.05, 0.1) is 17.2 Å². The molecule has 0 saturated carbocycles. The number of aromatic nitrogens is 1. The molecule has 0 aliphatic carbocycles. The van der Waals surface area contributed by atoms with Crippen LogP contribution < -0.4 is 10.2 Å². The van der Waals surface area contributed by atoms with Crippen LogP contribution in [0.1, 0.15) is 43.5 Å². The van der Waals surface area contributed by atoms with Gasteiger partial charge in [0.25, 0.3) is 5.91 Å². The number of hydrogen-bond acceptors (Lipinski definition) is 4. The summed E-state index contributed by atoms with van der Waals surface area (Å²) in [6.45, 7) is 6.30. The van der Waals surface area contributed by atoms with Crippen LogP contribution in [0.2, 0.25) is 0 Å². The Morgan fingerprint density at radius 3 is 2.72 bits per heavy atom. The van der Waals surface area contributed by atoms with Crippen molar-refractivity contribution >= 4 is 22.6 Å². The monoisotopic (exact) mass is 341 g/mol. The maximum Gasteiger partial charge on any atom is 0.255 e. The van der Waals surface area contributed by atoms with Crippen molar-refractivity contribution in [1.29, 1.82) is 0 Å². The number of hydrogen-bond donors (Lipinski definition) is 2. The predicted molar refractivity (Wildman–Crippen MR) is 101 cm³/mol. The van der Waals surface area contributed by atoms with Gasteiger partial charge in [0, 0.05) is 25.0 Å². The molecule has 25 heavy (non-hydrogen) atoms. The molecule has 0 spiro atoms. The van der Waals surface area contributed by atoms with Crippen LogP contribution in [0.15, 0.2) is 30.3 Å². The number of pyridine rings is 1. The molecule has 1 atom stereocenters. The van der Waals surface area contributed by atoms with Gasteiger partial charge in [-0.1, -0.05) is 32.0 Å². The number of benzene rings is 1. The molecule has 0 bridgehead atoms. The molecule has 5 nitrogen and oxygen atoms in total. The molecule has 0 radical (unpaired) electrons. The lowest BCUT2D eigenvalue weighted by molar-refractivity contribution is 0.0920. The Labute approximate surface area is 149 Å². The lowest BCUT2D eigenvalue weighted by atomic mass is 10.0. The van der Waals surface area contributed by atoms with Gasteiger partial charge in [-0.25, -0.2) is 4.98 Å². The molecule has 1 amide bonds. The van der Waals surface area contributed by atoms with Gasteiger partial charge in [0.15, 0.2) is 0 Å². The van der Waals surface area contributed by atoms with Crippen LogP contribution in [-0.2, 0) is 0 Å². The van der Waals surface area contributed by atoms with Crippen LogP contribution >= 0.6 is 0 Å². The summed E-state index contributed by atoms with van der Waals surface area (Å²) in [5.74, 6) is 0.855. The van der Waals surface area contributed by atoms with Crippen molar-refractivity contribution in [1.82, 2.24) is 10.3 Å². The second-order valence-corrected chi connectivity index (χ2v) is 7.10. The van der Waals surface area contributed by atoms with Crippen LogP contribution in [0.25, 0.3) is 10.9 Å². The average Bonchev–Trinajstić information content (AvgIpc) is 3.14. The molecule has 1 aromatic carbocycles. The van der Waals surface area contributed by atoms with Gasteiger partial charge in [-0.15, -0.1) is 0 Å². The zero-order valence-electron chi connectivity index (χ0n) is 15.0. The van der Waals surface area contributed by atoms with Gasteiger partial charge in [0.1, 0.15) is 5.82 Å². The lowest BCUT2D eigenvalue weighted by Gasteiger charge is -2.21. The van der Waals surface area contributed by atoms with E-state index >= 15 is 0 Å². The first-order valence-corrected chi connectivity index (χ1v) is 9.17. The molecular formula is C20H27N3O2. The maximum atomic E-state index is 12.8. The highest BCUT2D eigenvalue weighted by molar-refractivity contribution is 6.02. The number of amides is 1. The second kappa shape index (κ2) is 7.83. The topological polar surface area (TPSA) is 65.5 Å².